The third kappa shape index (κ3) is 2.52. The molecule has 2 atom stereocenters. The lowest BCUT2D eigenvalue weighted by Gasteiger charge is -2.34. The van der Waals surface area contributed by atoms with Crippen LogP contribution in [0, 0.1) is 22.7 Å². The van der Waals surface area contributed by atoms with E-state index in [2.05, 4.69) is 13.0 Å². The fraction of sp³-hybridized carbons (Fsp3) is 0.588. The summed E-state index contributed by atoms with van der Waals surface area (Å²) in [7, 11) is 0. The number of ether oxygens (including phenoxy) is 1. The molecule has 0 spiro atoms. The van der Waals surface area contributed by atoms with Gasteiger partial charge in [0.2, 0.25) is 0 Å². The molecule has 1 aromatic carbocycles. The van der Waals surface area contributed by atoms with E-state index < -0.39 is 0 Å². The molecule has 1 aromatic rings. The van der Waals surface area contributed by atoms with Crippen molar-refractivity contribution in [1.29, 1.82) is 5.26 Å². The molecule has 2 unspecified atom stereocenters. The summed E-state index contributed by atoms with van der Waals surface area (Å²) in [5, 5.41) is 10.5. The zero-order valence-corrected chi connectivity index (χ0v) is 12.7. The van der Waals surface area contributed by atoms with Crippen molar-refractivity contribution in [3.05, 3.63) is 28.3 Å². The number of hydrogen-bond donors (Lipinski definition) is 0. The van der Waals surface area contributed by atoms with Crippen LogP contribution in [0.15, 0.2) is 12.1 Å². The molecule has 0 N–H and O–H groups in total. The Hall–Kier alpha value is -1.20. The van der Waals surface area contributed by atoms with Gasteiger partial charge in [0.15, 0.2) is 0 Å². The fourth-order valence-corrected chi connectivity index (χ4v) is 4.07. The van der Waals surface area contributed by atoms with Gasteiger partial charge in [-0.15, -0.1) is 0 Å². The standard InChI is InChI=1S/C17H20ClNO/c1-12-3-2-5-17(9-12,11-19)10-14-8-15(18)7-13-4-6-20-16(13)14/h7-8,12H,2-6,9-10H2,1H3. The van der Waals surface area contributed by atoms with Crippen molar-refractivity contribution in [2.75, 3.05) is 6.61 Å². The van der Waals surface area contributed by atoms with Crippen LogP contribution < -0.4 is 4.74 Å². The van der Waals surface area contributed by atoms with Crippen molar-refractivity contribution in [1.82, 2.24) is 0 Å². The Morgan fingerprint density at radius 2 is 2.35 bits per heavy atom. The molecule has 20 heavy (non-hydrogen) atoms. The number of hydrogen-bond acceptors (Lipinski definition) is 2. The highest BCUT2D eigenvalue weighted by atomic mass is 35.5. The Morgan fingerprint density at radius 1 is 1.50 bits per heavy atom. The van der Waals surface area contributed by atoms with Gasteiger partial charge in [-0.05, 0) is 48.4 Å². The third-order valence-corrected chi connectivity index (χ3v) is 4.90. The highest BCUT2D eigenvalue weighted by Gasteiger charge is 2.36. The van der Waals surface area contributed by atoms with Crippen molar-refractivity contribution in [3.63, 3.8) is 0 Å². The Kier molecular flexibility index (Phi) is 3.65. The first-order chi connectivity index (χ1) is 9.62. The molecule has 0 amide bonds. The van der Waals surface area contributed by atoms with Gasteiger partial charge >= 0.3 is 0 Å². The summed E-state index contributed by atoms with van der Waals surface area (Å²) in [6.07, 6.45) is 6.08. The smallest absolute Gasteiger partial charge is 0.125 e. The minimum Gasteiger partial charge on any atom is -0.493 e. The average Bonchev–Trinajstić information content (AvgIpc) is 2.87. The molecule has 1 saturated carbocycles. The van der Waals surface area contributed by atoms with Crippen LogP contribution in [0.4, 0.5) is 0 Å². The minimum atomic E-state index is -0.234. The van der Waals surface area contributed by atoms with Gasteiger partial charge in [-0.3, -0.25) is 0 Å². The number of nitriles is 1. The molecule has 3 heteroatoms. The van der Waals surface area contributed by atoms with Crippen molar-refractivity contribution in [3.8, 4) is 11.8 Å². The summed E-state index contributed by atoms with van der Waals surface area (Å²) in [5.74, 6) is 1.62. The molecule has 0 bridgehead atoms. The highest BCUT2D eigenvalue weighted by molar-refractivity contribution is 6.30. The second-order valence-electron chi connectivity index (χ2n) is 6.42. The van der Waals surface area contributed by atoms with Crippen LogP contribution in [0.5, 0.6) is 5.75 Å². The maximum absolute atomic E-state index is 9.71. The minimum absolute atomic E-state index is 0.234. The van der Waals surface area contributed by atoms with Crippen LogP contribution in [-0.4, -0.2) is 6.61 Å². The number of benzene rings is 1. The molecular formula is C17H20ClNO. The Labute approximate surface area is 125 Å². The van der Waals surface area contributed by atoms with E-state index in [4.69, 9.17) is 16.3 Å². The summed E-state index contributed by atoms with van der Waals surface area (Å²) in [6.45, 7) is 2.99. The summed E-state index contributed by atoms with van der Waals surface area (Å²) in [4.78, 5) is 0. The van der Waals surface area contributed by atoms with E-state index in [1.807, 2.05) is 12.1 Å². The Morgan fingerprint density at radius 3 is 3.10 bits per heavy atom. The van der Waals surface area contributed by atoms with Crippen LogP contribution in [0.25, 0.3) is 0 Å². The van der Waals surface area contributed by atoms with E-state index >= 15 is 0 Å². The third-order valence-electron chi connectivity index (χ3n) is 4.68. The maximum Gasteiger partial charge on any atom is 0.125 e. The number of halogens is 1. The van der Waals surface area contributed by atoms with Crippen molar-refractivity contribution < 1.29 is 4.74 Å². The first-order valence-corrected chi connectivity index (χ1v) is 7.85. The molecule has 3 rings (SSSR count). The topological polar surface area (TPSA) is 33.0 Å². The highest BCUT2D eigenvalue weighted by Crippen LogP contribution is 2.44. The summed E-state index contributed by atoms with van der Waals surface area (Å²) in [6, 6.07) is 6.59. The van der Waals surface area contributed by atoms with Crippen LogP contribution in [-0.2, 0) is 12.8 Å². The molecule has 1 fully saturated rings. The molecule has 2 aliphatic rings. The second kappa shape index (κ2) is 5.30. The molecular weight excluding hydrogens is 270 g/mol. The SMILES string of the molecule is CC1CCCC(C#N)(Cc2cc(Cl)cc3c2OCC3)C1. The Balaban J connectivity index is 1.92. The van der Waals surface area contributed by atoms with Gasteiger partial charge in [0.1, 0.15) is 5.75 Å². The van der Waals surface area contributed by atoms with Gasteiger partial charge in [-0.2, -0.15) is 5.26 Å². The van der Waals surface area contributed by atoms with E-state index in [1.54, 1.807) is 0 Å². The van der Waals surface area contributed by atoms with Crippen molar-refractivity contribution in [2.45, 2.75) is 45.4 Å². The molecule has 1 heterocycles. The van der Waals surface area contributed by atoms with Gasteiger partial charge in [-0.1, -0.05) is 31.4 Å². The van der Waals surface area contributed by atoms with Gasteiger partial charge in [0, 0.05) is 11.4 Å². The largest absolute Gasteiger partial charge is 0.493 e. The lowest BCUT2D eigenvalue weighted by atomic mass is 9.68. The zero-order valence-electron chi connectivity index (χ0n) is 11.9. The normalized spacial score (nSPS) is 28.6. The maximum atomic E-state index is 9.71. The predicted octanol–water partition coefficient (Wildman–Crippen LogP) is 4.54. The van der Waals surface area contributed by atoms with E-state index in [-0.39, 0.29) is 5.41 Å². The molecule has 0 saturated heterocycles. The molecule has 106 valence electrons. The molecule has 2 nitrogen and oxygen atoms in total. The average molecular weight is 290 g/mol. The first-order valence-electron chi connectivity index (χ1n) is 7.47. The van der Waals surface area contributed by atoms with E-state index in [0.29, 0.717) is 5.92 Å². The number of nitrogens with zero attached hydrogens (tertiary/aromatic N) is 1. The van der Waals surface area contributed by atoms with Gasteiger partial charge in [-0.25, -0.2) is 0 Å². The lowest BCUT2D eigenvalue weighted by molar-refractivity contribution is 0.207. The van der Waals surface area contributed by atoms with Gasteiger partial charge in [0.25, 0.3) is 0 Å². The molecule has 0 aromatic heterocycles. The van der Waals surface area contributed by atoms with E-state index in [0.717, 1.165) is 55.0 Å². The van der Waals surface area contributed by atoms with Gasteiger partial charge in [0.05, 0.1) is 18.1 Å². The van der Waals surface area contributed by atoms with Crippen molar-refractivity contribution in [2.24, 2.45) is 11.3 Å². The first kappa shape index (κ1) is 13.8. The van der Waals surface area contributed by atoms with Crippen LogP contribution in [0.2, 0.25) is 5.02 Å². The molecule has 1 aliphatic carbocycles. The fourth-order valence-electron chi connectivity index (χ4n) is 3.80. The van der Waals surface area contributed by atoms with Crippen LogP contribution >= 0.6 is 11.6 Å². The number of fused-ring (bicyclic) bond motifs is 1. The predicted molar refractivity (Wildman–Crippen MR) is 80.0 cm³/mol. The second-order valence-corrected chi connectivity index (χ2v) is 6.86. The van der Waals surface area contributed by atoms with Crippen LogP contribution in [0.3, 0.4) is 0 Å². The van der Waals surface area contributed by atoms with E-state index in [1.165, 1.54) is 12.0 Å². The lowest BCUT2D eigenvalue weighted by Crippen LogP contribution is -2.28. The van der Waals surface area contributed by atoms with Crippen LogP contribution in [0.1, 0.15) is 43.7 Å². The van der Waals surface area contributed by atoms with Crippen molar-refractivity contribution >= 4 is 11.6 Å². The summed E-state index contributed by atoms with van der Waals surface area (Å²) in [5.41, 5.74) is 2.09. The Bertz CT molecular complexity index is 563. The summed E-state index contributed by atoms with van der Waals surface area (Å²) < 4.78 is 5.77. The number of rotatable bonds is 2. The zero-order chi connectivity index (χ0) is 14.2. The van der Waals surface area contributed by atoms with Gasteiger partial charge < -0.3 is 4.74 Å². The molecule has 0 radical (unpaired) electrons. The summed E-state index contributed by atoms with van der Waals surface area (Å²) >= 11 is 6.23. The monoisotopic (exact) mass is 289 g/mol. The molecule has 1 aliphatic heterocycles. The van der Waals surface area contributed by atoms with E-state index in [9.17, 15) is 5.26 Å². The quantitative estimate of drug-likeness (QED) is 0.801.